The van der Waals surface area contributed by atoms with Crippen molar-refractivity contribution >= 4 is 17.7 Å². The molecule has 0 aliphatic rings. The van der Waals surface area contributed by atoms with Crippen molar-refractivity contribution in [1.29, 1.82) is 0 Å². The van der Waals surface area contributed by atoms with Crippen molar-refractivity contribution in [2.45, 2.75) is 25.5 Å². The Morgan fingerprint density at radius 2 is 2.33 bits per heavy atom. The van der Waals surface area contributed by atoms with Gasteiger partial charge in [-0.25, -0.2) is 0 Å². The van der Waals surface area contributed by atoms with Crippen LogP contribution in [0, 0.1) is 0 Å². The lowest BCUT2D eigenvalue weighted by Crippen LogP contribution is -2.31. The van der Waals surface area contributed by atoms with Crippen LogP contribution in [0.25, 0.3) is 0 Å². The summed E-state index contributed by atoms with van der Waals surface area (Å²) in [4.78, 5) is 11.2. The minimum Gasteiger partial charge on any atom is -0.396 e. The van der Waals surface area contributed by atoms with Gasteiger partial charge in [0.15, 0.2) is 0 Å². The lowest BCUT2D eigenvalue weighted by molar-refractivity contribution is -0.120. The Hall–Kier alpha value is -0.220. The van der Waals surface area contributed by atoms with E-state index in [9.17, 15) is 4.79 Å². The Morgan fingerprint density at radius 3 is 2.83 bits per heavy atom. The predicted octanol–water partition coefficient (Wildman–Crippen LogP) is 0.627. The highest BCUT2D eigenvalue weighted by molar-refractivity contribution is 8.00. The Kier molecular flexibility index (Phi) is 7.29. The normalized spacial score (nSPS) is 12.6. The minimum atomic E-state index is -0.0521. The first-order valence-electron chi connectivity index (χ1n) is 4.22. The van der Waals surface area contributed by atoms with Crippen molar-refractivity contribution in [3.63, 3.8) is 0 Å². The molecule has 0 heterocycles. The van der Waals surface area contributed by atoms with E-state index < -0.39 is 0 Å². The van der Waals surface area contributed by atoms with E-state index in [0.29, 0.717) is 5.75 Å². The third-order valence-corrected chi connectivity index (χ3v) is 2.51. The maximum Gasteiger partial charge on any atom is 0.232 e. The SMILES string of the molecule is CCCNC(=O)C(C)SCCO. The highest BCUT2D eigenvalue weighted by Crippen LogP contribution is 2.08. The summed E-state index contributed by atoms with van der Waals surface area (Å²) < 4.78 is 0. The van der Waals surface area contributed by atoms with E-state index in [0.717, 1.165) is 13.0 Å². The number of nitrogens with one attached hydrogen (secondary N) is 1. The van der Waals surface area contributed by atoms with Gasteiger partial charge in [-0.3, -0.25) is 4.79 Å². The summed E-state index contributed by atoms with van der Waals surface area (Å²) in [7, 11) is 0. The molecule has 0 aliphatic carbocycles. The van der Waals surface area contributed by atoms with Gasteiger partial charge in [0.25, 0.3) is 0 Å². The standard InChI is InChI=1S/C8H17NO2S/c1-3-4-9-8(11)7(2)12-6-5-10/h7,10H,3-6H2,1-2H3,(H,9,11). The first-order chi connectivity index (χ1) is 5.72. The molecule has 0 bridgehead atoms. The number of carbonyl (C=O) groups excluding carboxylic acids is 1. The quantitative estimate of drug-likeness (QED) is 0.647. The molecule has 0 aromatic heterocycles. The fraction of sp³-hybridized carbons (Fsp3) is 0.875. The summed E-state index contributed by atoms with van der Waals surface area (Å²) in [5.41, 5.74) is 0. The van der Waals surface area contributed by atoms with Gasteiger partial charge in [0.05, 0.1) is 11.9 Å². The zero-order chi connectivity index (χ0) is 9.40. The molecule has 0 aliphatic heterocycles. The fourth-order valence-electron chi connectivity index (χ4n) is 0.697. The lowest BCUT2D eigenvalue weighted by Gasteiger charge is -2.09. The minimum absolute atomic E-state index is 0.0521. The van der Waals surface area contributed by atoms with Crippen molar-refractivity contribution in [3.05, 3.63) is 0 Å². The third kappa shape index (κ3) is 5.43. The summed E-state index contributed by atoms with van der Waals surface area (Å²) in [6, 6.07) is 0. The van der Waals surface area contributed by atoms with E-state index in [-0.39, 0.29) is 17.8 Å². The summed E-state index contributed by atoms with van der Waals surface area (Å²) >= 11 is 1.47. The van der Waals surface area contributed by atoms with E-state index in [4.69, 9.17) is 5.11 Å². The molecule has 0 aromatic carbocycles. The molecule has 0 rings (SSSR count). The molecular weight excluding hydrogens is 174 g/mol. The molecule has 3 nitrogen and oxygen atoms in total. The number of hydrogen-bond donors (Lipinski definition) is 2. The molecule has 72 valence electrons. The van der Waals surface area contributed by atoms with Crippen LogP contribution in [-0.2, 0) is 4.79 Å². The molecule has 0 aromatic rings. The van der Waals surface area contributed by atoms with Crippen LogP contribution >= 0.6 is 11.8 Å². The van der Waals surface area contributed by atoms with Crippen LogP contribution in [0.1, 0.15) is 20.3 Å². The Bertz CT molecular complexity index is 130. The number of thioether (sulfide) groups is 1. The van der Waals surface area contributed by atoms with Crippen LogP contribution in [0.5, 0.6) is 0 Å². The first kappa shape index (κ1) is 11.8. The van der Waals surface area contributed by atoms with Gasteiger partial charge in [-0.1, -0.05) is 6.92 Å². The highest BCUT2D eigenvalue weighted by atomic mass is 32.2. The zero-order valence-corrected chi connectivity index (χ0v) is 8.49. The second-order valence-corrected chi connectivity index (χ2v) is 3.98. The van der Waals surface area contributed by atoms with E-state index in [2.05, 4.69) is 5.32 Å². The summed E-state index contributed by atoms with van der Waals surface area (Å²) in [5.74, 6) is 0.691. The van der Waals surface area contributed by atoms with Crippen molar-refractivity contribution in [1.82, 2.24) is 5.32 Å². The summed E-state index contributed by atoms with van der Waals surface area (Å²) in [6.45, 7) is 4.75. The van der Waals surface area contributed by atoms with Gasteiger partial charge in [0.2, 0.25) is 5.91 Å². The van der Waals surface area contributed by atoms with E-state index in [1.807, 2.05) is 13.8 Å². The smallest absolute Gasteiger partial charge is 0.232 e. The maximum absolute atomic E-state index is 11.2. The fourth-order valence-corrected chi connectivity index (χ4v) is 1.39. The topological polar surface area (TPSA) is 49.3 Å². The second-order valence-electron chi connectivity index (χ2n) is 2.53. The summed E-state index contributed by atoms with van der Waals surface area (Å²) in [5, 5.41) is 11.3. The van der Waals surface area contributed by atoms with Crippen LogP contribution < -0.4 is 5.32 Å². The van der Waals surface area contributed by atoms with Crippen LogP contribution in [0.4, 0.5) is 0 Å². The second kappa shape index (κ2) is 7.43. The van der Waals surface area contributed by atoms with Gasteiger partial charge < -0.3 is 10.4 Å². The van der Waals surface area contributed by atoms with E-state index in [1.165, 1.54) is 11.8 Å². The van der Waals surface area contributed by atoms with E-state index in [1.54, 1.807) is 0 Å². The van der Waals surface area contributed by atoms with Crippen molar-refractivity contribution in [3.8, 4) is 0 Å². The van der Waals surface area contributed by atoms with Crippen LogP contribution in [0.15, 0.2) is 0 Å². The predicted molar refractivity (Wildman–Crippen MR) is 52.3 cm³/mol. The van der Waals surface area contributed by atoms with Crippen LogP contribution in [-0.4, -0.2) is 35.2 Å². The van der Waals surface area contributed by atoms with Crippen molar-refractivity contribution in [2.24, 2.45) is 0 Å². The first-order valence-corrected chi connectivity index (χ1v) is 5.27. The van der Waals surface area contributed by atoms with Gasteiger partial charge >= 0.3 is 0 Å². The van der Waals surface area contributed by atoms with Gasteiger partial charge in [-0.05, 0) is 13.3 Å². The Morgan fingerprint density at radius 1 is 1.67 bits per heavy atom. The number of carbonyl (C=O) groups is 1. The largest absolute Gasteiger partial charge is 0.396 e. The van der Waals surface area contributed by atoms with Crippen molar-refractivity contribution in [2.75, 3.05) is 18.9 Å². The number of aliphatic hydroxyl groups is 1. The molecular formula is C8H17NO2S. The molecule has 0 radical (unpaired) electrons. The van der Waals surface area contributed by atoms with Crippen LogP contribution in [0.2, 0.25) is 0 Å². The average molecular weight is 191 g/mol. The van der Waals surface area contributed by atoms with Gasteiger partial charge in [-0.15, -0.1) is 11.8 Å². The molecule has 12 heavy (non-hydrogen) atoms. The highest BCUT2D eigenvalue weighted by Gasteiger charge is 2.10. The zero-order valence-electron chi connectivity index (χ0n) is 7.67. The van der Waals surface area contributed by atoms with Gasteiger partial charge in [-0.2, -0.15) is 0 Å². The molecule has 2 N–H and O–H groups in total. The molecule has 0 fully saturated rings. The average Bonchev–Trinajstić information content (AvgIpc) is 2.10. The molecule has 1 unspecified atom stereocenters. The van der Waals surface area contributed by atoms with Crippen molar-refractivity contribution < 1.29 is 9.90 Å². The number of aliphatic hydroxyl groups excluding tert-OH is 1. The van der Waals surface area contributed by atoms with Gasteiger partial charge in [0, 0.05) is 12.3 Å². The molecule has 1 amide bonds. The molecule has 4 heteroatoms. The Labute approximate surface area is 77.9 Å². The molecule has 0 spiro atoms. The number of rotatable bonds is 6. The third-order valence-electron chi connectivity index (χ3n) is 1.38. The summed E-state index contributed by atoms with van der Waals surface area (Å²) in [6.07, 6.45) is 0.961. The van der Waals surface area contributed by atoms with Gasteiger partial charge in [0.1, 0.15) is 0 Å². The van der Waals surface area contributed by atoms with Crippen LogP contribution in [0.3, 0.4) is 0 Å². The molecule has 1 atom stereocenters. The van der Waals surface area contributed by atoms with E-state index >= 15 is 0 Å². The number of hydrogen-bond acceptors (Lipinski definition) is 3. The number of amides is 1. The maximum atomic E-state index is 11.2. The molecule has 0 saturated carbocycles. The monoisotopic (exact) mass is 191 g/mol. The molecule has 0 saturated heterocycles. The lowest BCUT2D eigenvalue weighted by atomic mass is 10.4. The Balaban J connectivity index is 3.47.